The van der Waals surface area contributed by atoms with Crippen LogP contribution in [0.15, 0.2) is 54.6 Å². The molecule has 204 valence electrons. The first-order chi connectivity index (χ1) is 18.5. The topological polar surface area (TPSA) is 79.0 Å². The fraction of sp³-hybridized carbons (Fsp3) is 0.500. The molecule has 1 N–H and O–H groups in total. The van der Waals surface area contributed by atoms with E-state index >= 15 is 0 Å². The van der Waals surface area contributed by atoms with Crippen molar-refractivity contribution in [3.63, 3.8) is 0 Å². The number of likely N-dealkylation sites (tertiary alicyclic amines) is 1. The van der Waals surface area contributed by atoms with Crippen LogP contribution in [0.2, 0.25) is 0 Å². The molecule has 2 aromatic carbocycles. The summed E-state index contributed by atoms with van der Waals surface area (Å²) in [4.78, 5) is 42.4. The van der Waals surface area contributed by atoms with Gasteiger partial charge in [-0.2, -0.15) is 0 Å². The van der Waals surface area contributed by atoms with Gasteiger partial charge in [0, 0.05) is 55.5 Å². The predicted molar refractivity (Wildman–Crippen MR) is 148 cm³/mol. The maximum Gasteiger partial charge on any atom is 0.254 e. The molecule has 0 spiro atoms. The first-order valence-electron chi connectivity index (χ1n) is 13.6. The highest BCUT2D eigenvalue weighted by atomic mass is 35.5. The van der Waals surface area contributed by atoms with Gasteiger partial charge in [0.15, 0.2) is 0 Å². The molecule has 0 radical (unpaired) electrons. The third-order valence-electron chi connectivity index (χ3n) is 7.80. The molecule has 0 aromatic heterocycles. The van der Waals surface area contributed by atoms with E-state index in [1.807, 2.05) is 52.3 Å². The fourth-order valence-corrected chi connectivity index (χ4v) is 5.69. The highest BCUT2D eigenvalue weighted by molar-refractivity contribution is 6.18. The van der Waals surface area contributed by atoms with Crippen LogP contribution in [0.5, 0.6) is 5.75 Å². The zero-order valence-corrected chi connectivity index (χ0v) is 22.9. The van der Waals surface area contributed by atoms with Crippen molar-refractivity contribution in [2.75, 3.05) is 26.1 Å². The Morgan fingerprint density at radius 3 is 2.21 bits per heavy atom. The summed E-state index contributed by atoms with van der Waals surface area (Å²) in [6.45, 7) is 1.78. The highest BCUT2D eigenvalue weighted by Crippen LogP contribution is 2.28. The van der Waals surface area contributed by atoms with Gasteiger partial charge in [-0.25, -0.2) is 0 Å². The molecule has 1 saturated carbocycles. The minimum absolute atomic E-state index is 0.0134. The molecule has 4 rings (SSSR count). The largest absolute Gasteiger partial charge is 0.497 e. The quantitative estimate of drug-likeness (QED) is 0.471. The van der Waals surface area contributed by atoms with Gasteiger partial charge < -0.3 is 19.9 Å². The van der Waals surface area contributed by atoms with Crippen molar-refractivity contribution in [1.82, 2.24) is 15.1 Å². The lowest BCUT2D eigenvalue weighted by Crippen LogP contribution is -2.48. The molecule has 1 aliphatic carbocycles. The van der Waals surface area contributed by atoms with Crippen molar-refractivity contribution in [3.05, 3.63) is 65.7 Å². The molecular formula is C30H38ClN3O4. The van der Waals surface area contributed by atoms with Crippen LogP contribution in [-0.4, -0.2) is 65.7 Å². The Hall–Kier alpha value is -3.06. The molecule has 1 aliphatic heterocycles. The molecule has 38 heavy (non-hydrogen) atoms. The smallest absolute Gasteiger partial charge is 0.254 e. The maximum absolute atomic E-state index is 13.6. The second-order valence-electron chi connectivity index (χ2n) is 10.3. The molecule has 0 unspecified atom stereocenters. The van der Waals surface area contributed by atoms with Crippen LogP contribution in [0.4, 0.5) is 0 Å². The summed E-state index contributed by atoms with van der Waals surface area (Å²) in [6, 6.07) is 17.6. The Morgan fingerprint density at radius 1 is 0.947 bits per heavy atom. The van der Waals surface area contributed by atoms with E-state index in [9.17, 15) is 14.4 Å². The SMILES string of the molecule is COc1ccc(C(=O)N(Cc2ccccc2)C2CCC(NC(=O)C3CCN(C(=O)CCCl)CC3)CC2)cc1. The number of amides is 3. The second kappa shape index (κ2) is 13.7. The van der Waals surface area contributed by atoms with Crippen LogP contribution < -0.4 is 10.1 Å². The number of benzene rings is 2. The van der Waals surface area contributed by atoms with Crippen molar-refractivity contribution in [2.24, 2.45) is 5.92 Å². The van der Waals surface area contributed by atoms with E-state index in [0.717, 1.165) is 37.0 Å². The Kier molecular flexibility index (Phi) is 10.0. The number of piperidine rings is 1. The van der Waals surface area contributed by atoms with Crippen molar-refractivity contribution >= 4 is 29.3 Å². The average Bonchev–Trinajstić information content (AvgIpc) is 2.97. The molecule has 0 bridgehead atoms. The molecule has 8 heteroatoms. The first kappa shape index (κ1) is 28.0. The van der Waals surface area contributed by atoms with Gasteiger partial charge in [-0.1, -0.05) is 30.3 Å². The maximum atomic E-state index is 13.6. The summed E-state index contributed by atoms with van der Waals surface area (Å²) >= 11 is 5.70. The van der Waals surface area contributed by atoms with Crippen LogP contribution in [0.25, 0.3) is 0 Å². The van der Waals surface area contributed by atoms with E-state index in [0.29, 0.717) is 50.3 Å². The van der Waals surface area contributed by atoms with E-state index in [4.69, 9.17) is 16.3 Å². The van der Waals surface area contributed by atoms with Crippen LogP contribution in [0.3, 0.4) is 0 Å². The second-order valence-corrected chi connectivity index (χ2v) is 10.6. The number of methoxy groups -OCH3 is 1. The number of rotatable bonds is 9. The Balaban J connectivity index is 1.33. The predicted octanol–water partition coefficient (Wildman–Crippen LogP) is 4.63. The van der Waals surface area contributed by atoms with E-state index in [1.165, 1.54) is 0 Å². The number of hydrogen-bond acceptors (Lipinski definition) is 4. The minimum Gasteiger partial charge on any atom is -0.497 e. The van der Waals surface area contributed by atoms with Gasteiger partial charge in [-0.3, -0.25) is 14.4 Å². The van der Waals surface area contributed by atoms with Gasteiger partial charge in [0.25, 0.3) is 5.91 Å². The number of hydrogen-bond donors (Lipinski definition) is 1. The van der Waals surface area contributed by atoms with Crippen LogP contribution >= 0.6 is 11.6 Å². The Labute approximate surface area is 230 Å². The third-order valence-corrected chi connectivity index (χ3v) is 7.99. The standard InChI is InChI=1S/C30H38ClN3O4/c1-38-27-13-7-24(8-14-27)30(37)34(21-22-5-3-2-4-6-22)26-11-9-25(10-12-26)32-29(36)23-16-19-33(20-17-23)28(35)15-18-31/h2-8,13-14,23,25-26H,9-12,15-21H2,1H3,(H,32,36). The fourth-order valence-electron chi connectivity index (χ4n) is 5.53. The zero-order valence-electron chi connectivity index (χ0n) is 22.1. The van der Waals surface area contributed by atoms with E-state index in [2.05, 4.69) is 17.4 Å². The number of carbonyl (C=O) groups excluding carboxylic acids is 3. The third kappa shape index (κ3) is 7.28. The average molecular weight is 540 g/mol. The molecule has 0 atom stereocenters. The van der Waals surface area contributed by atoms with Gasteiger partial charge in [0.05, 0.1) is 7.11 Å². The lowest BCUT2D eigenvalue weighted by atomic mass is 9.88. The summed E-state index contributed by atoms with van der Waals surface area (Å²) in [7, 11) is 1.61. The molecule has 2 aliphatic rings. The normalized spacial score (nSPS) is 20.0. The highest BCUT2D eigenvalue weighted by Gasteiger charge is 2.32. The molecule has 7 nitrogen and oxygen atoms in total. The summed E-state index contributed by atoms with van der Waals surface area (Å²) in [6.07, 6.45) is 5.09. The zero-order chi connectivity index (χ0) is 26.9. The number of carbonyl (C=O) groups is 3. The van der Waals surface area contributed by atoms with Gasteiger partial charge >= 0.3 is 0 Å². The number of halogens is 1. The molecule has 1 saturated heterocycles. The van der Waals surface area contributed by atoms with Gasteiger partial charge in [-0.15, -0.1) is 11.6 Å². The van der Waals surface area contributed by atoms with E-state index < -0.39 is 0 Å². The van der Waals surface area contributed by atoms with Crippen molar-refractivity contribution in [3.8, 4) is 5.75 Å². The van der Waals surface area contributed by atoms with Crippen molar-refractivity contribution in [2.45, 2.75) is 63.6 Å². The van der Waals surface area contributed by atoms with Crippen LogP contribution in [0, 0.1) is 5.92 Å². The van der Waals surface area contributed by atoms with Crippen molar-refractivity contribution in [1.29, 1.82) is 0 Å². The minimum atomic E-state index is -0.0565. The summed E-state index contributed by atoms with van der Waals surface area (Å²) in [5.41, 5.74) is 1.74. The summed E-state index contributed by atoms with van der Waals surface area (Å²) in [5, 5.41) is 3.26. The number of alkyl halides is 1. The molecule has 2 fully saturated rings. The van der Waals surface area contributed by atoms with E-state index in [1.54, 1.807) is 7.11 Å². The number of nitrogens with one attached hydrogen (secondary N) is 1. The monoisotopic (exact) mass is 539 g/mol. The lowest BCUT2D eigenvalue weighted by Gasteiger charge is -2.38. The van der Waals surface area contributed by atoms with E-state index in [-0.39, 0.29) is 35.7 Å². The molecule has 2 aromatic rings. The Bertz CT molecular complexity index is 1060. The molecule has 1 heterocycles. The molecule has 3 amide bonds. The first-order valence-corrected chi connectivity index (χ1v) is 14.1. The van der Waals surface area contributed by atoms with Gasteiger partial charge in [0.2, 0.25) is 11.8 Å². The van der Waals surface area contributed by atoms with Crippen molar-refractivity contribution < 1.29 is 19.1 Å². The van der Waals surface area contributed by atoms with Gasteiger partial charge in [0.1, 0.15) is 5.75 Å². The Morgan fingerprint density at radius 2 is 1.61 bits per heavy atom. The number of ether oxygens (including phenoxy) is 1. The van der Waals surface area contributed by atoms with Crippen LogP contribution in [0.1, 0.15) is 60.9 Å². The molecular weight excluding hydrogens is 502 g/mol. The van der Waals surface area contributed by atoms with Gasteiger partial charge in [-0.05, 0) is 68.4 Å². The van der Waals surface area contributed by atoms with Crippen LogP contribution in [-0.2, 0) is 16.1 Å². The lowest BCUT2D eigenvalue weighted by molar-refractivity contribution is -0.135. The summed E-state index contributed by atoms with van der Waals surface area (Å²) < 4.78 is 5.25. The summed E-state index contributed by atoms with van der Waals surface area (Å²) in [5.74, 6) is 1.17. The number of nitrogens with zero attached hydrogens (tertiary/aromatic N) is 2.